The van der Waals surface area contributed by atoms with E-state index in [1.165, 1.54) is 4.90 Å². The highest BCUT2D eigenvalue weighted by atomic mass is 16.5. The number of carbonyl (C=O) groups is 3. The zero-order valence-electron chi connectivity index (χ0n) is 18.1. The topological polar surface area (TPSA) is 75.7 Å². The molecule has 0 aliphatic carbocycles. The van der Waals surface area contributed by atoms with E-state index in [-0.39, 0.29) is 24.5 Å². The first-order valence-corrected chi connectivity index (χ1v) is 10.1. The van der Waals surface area contributed by atoms with Crippen molar-refractivity contribution >= 4 is 17.9 Å². The summed E-state index contributed by atoms with van der Waals surface area (Å²) in [6.07, 6.45) is 0. The van der Waals surface area contributed by atoms with Gasteiger partial charge in [-0.25, -0.2) is 9.59 Å². The van der Waals surface area contributed by atoms with Crippen molar-refractivity contribution in [1.29, 1.82) is 0 Å². The summed E-state index contributed by atoms with van der Waals surface area (Å²) in [4.78, 5) is 39.0. The van der Waals surface area contributed by atoms with E-state index in [2.05, 4.69) is 26.1 Å². The van der Waals surface area contributed by atoms with Gasteiger partial charge in [-0.1, -0.05) is 57.2 Å². The summed E-state index contributed by atoms with van der Waals surface area (Å²) in [5.74, 6) is -0.752. The highest BCUT2D eigenvalue weighted by molar-refractivity contribution is 6.07. The number of amides is 3. The molecular formula is C24H28N2O4. The molecule has 30 heavy (non-hydrogen) atoms. The van der Waals surface area contributed by atoms with Crippen LogP contribution in [0.25, 0.3) is 0 Å². The summed E-state index contributed by atoms with van der Waals surface area (Å²) < 4.78 is 5.02. The first kappa shape index (κ1) is 21.6. The molecule has 1 unspecified atom stereocenters. The van der Waals surface area contributed by atoms with Gasteiger partial charge in [0.05, 0.1) is 18.7 Å². The second-order valence-electron chi connectivity index (χ2n) is 8.69. The van der Waals surface area contributed by atoms with Crippen LogP contribution < -0.4 is 5.32 Å². The summed E-state index contributed by atoms with van der Waals surface area (Å²) in [6, 6.07) is 14.1. The maximum Gasteiger partial charge on any atom is 0.338 e. The number of ether oxygens (including phenoxy) is 1. The Labute approximate surface area is 177 Å². The van der Waals surface area contributed by atoms with Crippen molar-refractivity contribution < 1.29 is 19.1 Å². The van der Waals surface area contributed by atoms with E-state index in [9.17, 15) is 14.4 Å². The fourth-order valence-electron chi connectivity index (χ4n) is 3.53. The number of nitrogens with one attached hydrogen (secondary N) is 1. The molecule has 6 heteroatoms. The van der Waals surface area contributed by atoms with Crippen LogP contribution in [0.3, 0.4) is 0 Å². The van der Waals surface area contributed by atoms with E-state index in [1.807, 2.05) is 24.3 Å². The number of hydrogen-bond acceptors (Lipinski definition) is 4. The van der Waals surface area contributed by atoms with Gasteiger partial charge >= 0.3 is 12.0 Å². The first-order chi connectivity index (χ1) is 14.1. The van der Waals surface area contributed by atoms with Crippen LogP contribution in [0.2, 0.25) is 0 Å². The number of benzene rings is 2. The monoisotopic (exact) mass is 408 g/mol. The van der Waals surface area contributed by atoms with Crippen molar-refractivity contribution in [3.05, 3.63) is 70.8 Å². The number of hydrogen-bond donors (Lipinski definition) is 1. The molecule has 158 valence electrons. The van der Waals surface area contributed by atoms with Gasteiger partial charge in [-0.15, -0.1) is 0 Å². The van der Waals surface area contributed by atoms with E-state index in [4.69, 9.17) is 4.74 Å². The molecule has 1 heterocycles. The molecule has 1 saturated heterocycles. The molecule has 0 radical (unpaired) electrons. The Morgan fingerprint density at radius 3 is 2.37 bits per heavy atom. The Kier molecular flexibility index (Phi) is 5.70. The Hall–Kier alpha value is -3.15. The summed E-state index contributed by atoms with van der Waals surface area (Å²) in [5.41, 5.74) is 1.82. The molecule has 0 saturated carbocycles. The number of esters is 1. The fraction of sp³-hybridized carbons (Fsp3) is 0.375. The Bertz CT molecular complexity index is 975. The zero-order chi connectivity index (χ0) is 22.1. The van der Waals surface area contributed by atoms with Gasteiger partial charge in [-0.3, -0.25) is 9.69 Å². The molecular weight excluding hydrogens is 380 g/mol. The summed E-state index contributed by atoms with van der Waals surface area (Å²) in [6.45, 7) is 10.2. The largest absolute Gasteiger partial charge is 0.462 e. The zero-order valence-corrected chi connectivity index (χ0v) is 18.1. The highest BCUT2D eigenvalue weighted by Crippen LogP contribution is 2.32. The molecule has 1 fully saturated rings. The van der Waals surface area contributed by atoms with Crippen LogP contribution in [-0.2, 0) is 27.0 Å². The van der Waals surface area contributed by atoms with Crippen LogP contribution in [-0.4, -0.2) is 29.4 Å². The number of rotatable bonds is 5. The lowest BCUT2D eigenvalue weighted by atomic mass is 9.84. The van der Waals surface area contributed by atoms with Crippen molar-refractivity contribution in [1.82, 2.24) is 10.2 Å². The molecule has 0 bridgehead atoms. The molecule has 0 spiro atoms. The molecule has 1 aliphatic heterocycles. The van der Waals surface area contributed by atoms with Gasteiger partial charge < -0.3 is 10.1 Å². The Morgan fingerprint density at radius 1 is 1.10 bits per heavy atom. The molecule has 2 aromatic carbocycles. The molecule has 1 atom stereocenters. The number of nitrogens with zero attached hydrogens (tertiary/aromatic N) is 1. The van der Waals surface area contributed by atoms with Crippen molar-refractivity contribution in [3.8, 4) is 0 Å². The summed E-state index contributed by atoms with van der Waals surface area (Å²) in [5, 5.41) is 2.83. The number of carbonyl (C=O) groups excluding carboxylic acids is 3. The van der Waals surface area contributed by atoms with E-state index in [1.54, 1.807) is 38.1 Å². The quantitative estimate of drug-likeness (QED) is 0.596. The second-order valence-corrected chi connectivity index (χ2v) is 8.69. The summed E-state index contributed by atoms with van der Waals surface area (Å²) in [7, 11) is 0. The van der Waals surface area contributed by atoms with E-state index < -0.39 is 17.5 Å². The van der Waals surface area contributed by atoms with Crippen molar-refractivity contribution in [2.24, 2.45) is 0 Å². The maximum absolute atomic E-state index is 13.2. The minimum Gasteiger partial charge on any atom is -0.462 e. The first-order valence-electron chi connectivity index (χ1n) is 10.1. The normalized spacial score (nSPS) is 19.0. The van der Waals surface area contributed by atoms with Gasteiger partial charge in [0.2, 0.25) is 0 Å². The smallest absolute Gasteiger partial charge is 0.338 e. The molecule has 0 aromatic heterocycles. The van der Waals surface area contributed by atoms with Gasteiger partial charge in [0.15, 0.2) is 0 Å². The second kappa shape index (κ2) is 7.94. The molecule has 3 rings (SSSR count). The van der Waals surface area contributed by atoms with Crippen LogP contribution in [0.1, 0.15) is 61.7 Å². The minimum atomic E-state index is -1.13. The lowest BCUT2D eigenvalue weighted by Crippen LogP contribution is -2.40. The van der Waals surface area contributed by atoms with Crippen molar-refractivity contribution in [2.45, 2.75) is 52.1 Å². The standard InChI is InChI=1S/C24H28N2O4/c1-6-30-20(27)17-9-7-8-16(14-17)15-26-21(28)24(5,25-22(26)29)19-12-10-18(11-13-19)23(2,3)4/h7-14H,6,15H2,1-5H3,(H,25,29). The summed E-state index contributed by atoms with van der Waals surface area (Å²) >= 11 is 0. The highest BCUT2D eigenvalue weighted by Gasteiger charge is 2.48. The molecule has 1 aliphatic rings. The lowest BCUT2D eigenvalue weighted by molar-refractivity contribution is -0.131. The SMILES string of the molecule is CCOC(=O)c1cccc(CN2C(=O)NC(C)(c3ccc(C(C)(C)C)cc3)C2=O)c1. The third-order valence-electron chi connectivity index (χ3n) is 5.38. The lowest BCUT2D eigenvalue weighted by Gasteiger charge is -2.24. The van der Waals surface area contributed by atoms with E-state index in [0.717, 1.165) is 11.1 Å². The number of urea groups is 1. The van der Waals surface area contributed by atoms with Crippen LogP contribution in [0, 0.1) is 0 Å². The Balaban J connectivity index is 1.83. The van der Waals surface area contributed by atoms with Gasteiger partial charge in [0.1, 0.15) is 5.54 Å². The molecule has 6 nitrogen and oxygen atoms in total. The average Bonchev–Trinajstić information content (AvgIpc) is 2.92. The third-order valence-corrected chi connectivity index (χ3v) is 5.38. The van der Waals surface area contributed by atoms with Crippen LogP contribution >= 0.6 is 0 Å². The van der Waals surface area contributed by atoms with E-state index in [0.29, 0.717) is 11.1 Å². The van der Waals surface area contributed by atoms with Crippen molar-refractivity contribution in [2.75, 3.05) is 6.61 Å². The molecule has 3 amide bonds. The number of imide groups is 1. The van der Waals surface area contributed by atoms with Crippen LogP contribution in [0.5, 0.6) is 0 Å². The van der Waals surface area contributed by atoms with Gasteiger partial charge in [-0.2, -0.15) is 0 Å². The third kappa shape index (κ3) is 4.08. The molecule has 2 aromatic rings. The van der Waals surface area contributed by atoms with Crippen LogP contribution in [0.15, 0.2) is 48.5 Å². The Morgan fingerprint density at radius 2 is 1.77 bits per heavy atom. The fourth-order valence-corrected chi connectivity index (χ4v) is 3.53. The maximum atomic E-state index is 13.2. The van der Waals surface area contributed by atoms with Gasteiger partial charge in [0, 0.05) is 0 Å². The molecule has 1 N–H and O–H groups in total. The van der Waals surface area contributed by atoms with Gasteiger partial charge in [0.25, 0.3) is 5.91 Å². The van der Waals surface area contributed by atoms with E-state index >= 15 is 0 Å². The van der Waals surface area contributed by atoms with Crippen LogP contribution in [0.4, 0.5) is 4.79 Å². The predicted molar refractivity (Wildman–Crippen MR) is 114 cm³/mol. The minimum absolute atomic E-state index is 0.00164. The van der Waals surface area contributed by atoms with Crippen molar-refractivity contribution in [3.63, 3.8) is 0 Å². The average molecular weight is 408 g/mol. The predicted octanol–water partition coefficient (Wildman–Crippen LogP) is 4.13. The van der Waals surface area contributed by atoms with Gasteiger partial charge in [-0.05, 0) is 48.1 Å².